The minimum atomic E-state index is 0.484. The first kappa shape index (κ1) is 13.6. The molecule has 0 spiro atoms. The van der Waals surface area contributed by atoms with Gasteiger partial charge in [-0.25, -0.2) is 0 Å². The van der Waals surface area contributed by atoms with Crippen molar-refractivity contribution in [2.24, 2.45) is 0 Å². The molecule has 0 bridgehead atoms. The fraction of sp³-hybridized carbons (Fsp3) is 0.143. The highest BCUT2D eigenvalue weighted by Gasteiger charge is 2.14. The van der Waals surface area contributed by atoms with E-state index in [0.29, 0.717) is 5.92 Å². The second kappa shape index (κ2) is 5.97. The van der Waals surface area contributed by atoms with Crippen molar-refractivity contribution in [3.63, 3.8) is 0 Å². The van der Waals surface area contributed by atoms with Crippen molar-refractivity contribution < 1.29 is 0 Å². The fourth-order valence-electron chi connectivity index (χ4n) is 2.74. The lowest BCUT2D eigenvalue weighted by Gasteiger charge is -2.17. The minimum Gasteiger partial charge on any atom is -0.0622 e. The zero-order valence-corrected chi connectivity index (χ0v) is 12.5. The molecule has 3 rings (SSSR count). The normalized spacial score (nSPS) is 10.8. The van der Waals surface area contributed by atoms with Gasteiger partial charge in [-0.05, 0) is 39.8 Å². The van der Waals surface area contributed by atoms with Crippen LogP contribution in [0.1, 0.15) is 25.3 Å². The minimum absolute atomic E-state index is 0.484. The Hall–Kier alpha value is -2.34. The summed E-state index contributed by atoms with van der Waals surface area (Å²) in [5.74, 6) is 0.484. The van der Waals surface area contributed by atoms with Crippen molar-refractivity contribution in [1.29, 1.82) is 0 Å². The first-order valence-electron chi connectivity index (χ1n) is 7.43. The summed E-state index contributed by atoms with van der Waals surface area (Å²) in [5.41, 5.74) is 6.35. The maximum Gasteiger partial charge on any atom is -0.00237 e. The fourth-order valence-corrected chi connectivity index (χ4v) is 2.74. The van der Waals surface area contributed by atoms with Crippen LogP contribution in [0.4, 0.5) is 0 Å². The zero-order valence-electron chi connectivity index (χ0n) is 12.5. The van der Waals surface area contributed by atoms with Gasteiger partial charge in [0.2, 0.25) is 0 Å². The highest BCUT2D eigenvalue weighted by molar-refractivity contribution is 5.85. The first-order valence-corrected chi connectivity index (χ1v) is 7.43. The Labute approximate surface area is 127 Å². The number of benzene rings is 3. The smallest absolute Gasteiger partial charge is 0.00237 e. The summed E-state index contributed by atoms with van der Waals surface area (Å²) in [6.07, 6.45) is 0. The van der Waals surface area contributed by atoms with Crippen LogP contribution in [0.25, 0.3) is 22.3 Å². The largest absolute Gasteiger partial charge is 0.0622 e. The van der Waals surface area contributed by atoms with Crippen molar-refractivity contribution in [3.8, 4) is 22.3 Å². The predicted octanol–water partition coefficient (Wildman–Crippen LogP) is 5.94. The molecular weight excluding hydrogens is 252 g/mol. The molecule has 0 fully saturated rings. The summed E-state index contributed by atoms with van der Waals surface area (Å²) in [5, 5.41) is 0. The third-order valence-electron chi connectivity index (χ3n) is 3.78. The second-order valence-electron chi connectivity index (χ2n) is 5.57. The number of hydrogen-bond acceptors (Lipinski definition) is 0. The number of hydrogen-bond donors (Lipinski definition) is 0. The molecule has 0 aliphatic rings. The molecule has 0 aliphatic carbocycles. The van der Waals surface area contributed by atoms with E-state index in [2.05, 4.69) is 86.6 Å². The zero-order chi connectivity index (χ0) is 14.7. The molecule has 1 radical (unpaired) electrons. The molecule has 0 N–H and O–H groups in total. The lowest BCUT2D eigenvalue weighted by Crippen LogP contribution is -1.95. The molecule has 0 amide bonds. The highest BCUT2D eigenvalue weighted by Crippen LogP contribution is 2.37. The van der Waals surface area contributed by atoms with Gasteiger partial charge in [0.15, 0.2) is 0 Å². The van der Waals surface area contributed by atoms with Gasteiger partial charge >= 0.3 is 0 Å². The van der Waals surface area contributed by atoms with E-state index in [1.165, 1.54) is 27.8 Å². The Morgan fingerprint density at radius 2 is 1.29 bits per heavy atom. The molecule has 0 unspecified atom stereocenters. The van der Waals surface area contributed by atoms with E-state index in [0.717, 1.165) is 0 Å². The van der Waals surface area contributed by atoms with Gasteiger partial charge in [0.1, 0.15) is 0 Å². The average Bonchev–Trinajstić information content (AvgIpc) is 2.55. The lowest BCUT2D eigenvalue weighted by atomic mass is 9.86. The Balaban J connectivity index is 2.28. The van der Waals surface area contributed by atoms with Gasteiger partial charge in [-0.2, -0.15) is 0 Å². The Kier molecular flexibility index (Phi) is 3.87. The Morgan fingerprint density at radius 3 is 1.86 bits per heavy atom. The van der Waals surface area contributed by atoms with Crippen molar-refractivity contribution in [1.82, 2.24) is 0 Å². The van der Waals surface area contributed by atoms with Crippen LogP contribution in [-0.4, -0.2) is 0 Å². The van der Waals surface area contributed by atoms with Gasteiger partial charge in [0, 0.05) is 0 Å². The summed E-state index contributed by atoms with van der Waals surface area (Å²) < 4.78 is 0. The second-order valence-corrected chi connectivity index (χ2v) is 5.57. The van der Waals surface area contributed by atoms with Gasteiger partial charge in [0.05, 0.1) is 0 Å². The summed E-state index contributed by atoms with van der Waals surface area (Å²) in [4.78, 5) is 0. The van der Waals surface area contributed by atoms with E-state index in [1.807, 2.05) is 6.07 Å². The van der Waals surface area contributed by atoms with Crippen LogP contribution in [0, 0.1) is 6.07 Å². The molecular formula is C21H19. The van der Waals surface area contributed by atoms with E-state index in [4.69, 9.17) is 0 Å². The maximum atomic E-state index is 3.45. The van der Waals surface area contributed by atoms with Gasteiger partial charge in [-0.15, -0.1) is 0 Å². The summed E-state index contributed by atoms with van der Waals surface area (Å²) in [6, 6.07) is 28.8. The van der Waals surface area contributed by atoms with Crippen LogP contribution >= 0.6 is 0 Å². The van der Waals surface area contributed by atoms with Gasteiger partial charge in [-0.3, -0.25) is 0 Å². The van der Waals surface area contributed by atoms with Crippen molar-refractivity contribution in [2.45, 2.75) is 19.8 Å². The molecule has 0 nitrogen and oxygen atoms in total. The maximum absolute atomic E-state index is 3.45. The van der Waals surface area contributed by atoms with Crippen LogP contribution in [0.2, 0.25) is 0 Å². The molecule has 21 heavy (non-hydrogen) atoms. The monoisotopic (exact) mass is 271 g/mol. The standard InChI is InChI=1S/C21H19/c1-16(2)19-14-9-15-20(17-10-5-3-6-11-17)21(19)18-12-7-4-8-13-18/h3-14,16H,1-2H3. The first-order chi connectivity index (χ1) is 10.3. The molecule has 0 saturated carbocycles. The molecule has 0 saturated heterocycles. The van der Waals surface area contributed by atoms with Crippen molar-refractivity contribution >= 4 is 0 Å². The summed E-state index contributed by atoms with van der Waals surface area (Å²) in [6.45, 7) is 4.49. The van der Waals surface area contributed by atoms with Gasteiger partial charge < -0.3 is 0 Å². The Bertz CT molecular complexity index is 710. The highest BCUT2D eigenvalue weighted by atomic mass is 14.2. The van der Waals surface area contributed by atoms with Crippen LogP contribution < -0.4 is 0 Å². The topological polar surface area (TPSA) is 0 Å². The van der Waals surface area contributed by atoms with E-state index in [-0.39, 0.29) is 0 Å². The predicted molar refractivity (Wildman–Crippen MR) is 90.2 cm³/mol. The average molecular weight is 271 g/mol. The van der Waals surface area contributed by atoms with Gasteiger partial charge in [0.25, 0.3) is 0 Å². The Morgan fingerprint density at radius 1 is 0.714 bits per heavy atom. The molecule has 0 aromatic heterocycles. The SMILES string of the molecule is CC(C)c1cc[c]c(-c2ccccc2)c1-c1ccccc1. The molecule has 3 aromatic rings. The van der Waals surface area contributed by atoms with E-state index in [1.54, 1.807) is 0 Å². The van der Waals surface area contributed by atoms with Crippen LogP contribution in [0.5, 0.6) is 0 Å². The van der Waals surface area contributed by atoms with Crippen LogP contribution in [0.3, 0.4) is 0 Å². The lowest BCUT2D eigenvalue weighted by molar-refractivity contribution is 0.869. The molecule has 0 aliphatic heterocycles. The molecule has 103 valence electrons. The summed E-state index contributed by atoms with van der Waals surface area (Å²) >= 11 is 0. The molecule has 0 atom stereocenters. The molecule has 0 heteroatoms. The molecule has 0 heterocycles. The van der Waals surface area contributed by atoms with Crippen LogP contribution in [-0.2, 0) is 0 Å². The van der Waals surface area contributed by atoms with Crippen LogP contribution in [0.15, 0.2) is 72.8 Å². The quantitative estimate of drug-likeness (QED) is 0.552. The third-order valence-corrected chi connectivity index (χ3v) is 3.78. The van der Waals surface area contributed by atoms with Gasteiger partial charge in [-0.1, -0.05) is 86.6 Å². The third kappa shape index (κ3) is 2.75. The van der Waals surface area contributed by atoms with E-state index >= 15 is 0 Å². The van der Waals surface area contributed by atoms with Crippen molar-refractivity contribution in [3.05, 3.63) is 84.4 Å². The molecule has 3 aromatic carbocycles. The number of rotatable bonds is 3. The van der Waals surface area contributed by atoms with Crippen molar-refractivity contribution in [2.75, 3.05) is 0 Å². The van der Waals surface area contributed by atoms with E-state index < -0.39 is 0 Å². The summed E-state index contributed by atoms with van der Waals surface area (Å²) in [7, 11) is 0. The van der Waals surface area contributed by atoms with E-state index in [9.17, 15) is 0 Å².